The molecule has 12 aromatic rings. The largest absolute Gasteiger partial charge is 0.444 e. The van der Waals surface area contributed by atoms with E-state index in [9.17, 15) is 9.59 Å². The maximum atomic E-state index is 12.2. The Bertz CT molecular complexity index is 3970. The average Bonchev–Trinajstić information content (AvgIpc) is 1.78. The minimum atomic E-state index is -0.554. The Morgan fingerprint density at radius 2 is 0.528 bits per heavy atom. The SMILES string of the molecule is CC(C)(C)OC(=O)Nc1ccc(-c2cccc(-c3cccc(-c4cc(-c5ccccn5)nc(-c5ccccn5)c4)c3)c2)cc1.CC(C)(C)OC(=O)Nc1ccc(-c2cccc(-c3cccc(-c4cc(-c5ccccn5)nc(-c5ccccn5)c4)c3)c2)cc1.[Ru]. The number of hydrogen-bond acceptors (Lipinski definition) is 10. The molecule has 2 amide bonds. The molecule has 0 spiro atoms. The van der Waals surface area contributed by atoms with Crippen LogP contribution in [-0.2, 0) is 29.0 Å². The van der Waals surface area contributed by atoms with Gasteiger partial charge in [-0.1, -0.05) is 121 Å². The van der Waals surface area contributed by atoms with Gasteiger partial charge in [0.2, 0.25) is 0 Å². The van der Waals surface area contributed by atoms with Crippen molar-refractivity contribution < 1.29 is 38.5 Å². The van der Waals surface area contributed by atoms with E-state index in [4.69, 9.17) is 19.4 Å². The molecule has 0 saturated carbocycles. The molecule has 13 heteroatoms. The summed E-state index contributed by atoms with van der Waals surface area (Å²) >= 11 is 0. The van der Waals surface area contributed by atoms with E-state index in [0.29, 0.717) is 11.4 Å². The van der Waals surface area contributed by atoms with Crippen LogP contribution in [0.4, 0.5) is 21.0 Å². The second kappa shape index (κ2) is 27.8. The van der Waals surface area contributed by atoms with Crippen molar-refractivity contribution in [2.75, 3.05) is 10.6 Å². The minimum Gasteiger partial charge on any atom is -0.444 e. The Morgan fingerprint density at radius 3 is 0.764 bits per heavy atom. The van der Waals surface area contributed by atoms with Crippen molar-refractivity contribution in [1.82, 2.24) is 29.9 Å². The third-order valence-corrected chi connectivity index (χ3v) is 13.9. The van der Waals surface area contributed by atoms with E-state index in [0.717, 1.165) is 112 Å². The maximum Gasteiger partial charge on any atom is 0.412 e. The number of aromatic nitrogens is 6. The van der Waals surface area contributed by atoms with E-state index in [1.54, 1.807) is 24.8 Å². The monoisotopic (exact) mass is 1250 g/mol. The molecule has 440 valence electrons. The van der Waals surface area contributed by atoms with E-state index in [-0.39, 0.29) is 19.5 Å². The van der Waals surface area contributed by atoms with Crippen LogP contribution in [0, 0.1) is 0 Å². The zero-order valence-corrected chi connectivity index (χ0v) is 51.8. The van der Waals surface area contributed by atoms with Gasteiger partial charge in [-0.15, -0.1) is 0 Å². The normalized spacial score (nSPS) is 11.0. The standard InChI is InChI=1S/2C38H32N4O2.Ru/c2*1-38(2,3)44-37(43)41-32-18-16-26(17-19-32)27-10-8-11-28(22-27)29-12-9-13-30(23-29)31-24-35(33-14-4-6-20-39-33)42-36(25-31)34-15-5-7-21-40-34;/h2*4-25H,1-3H3,(H,41,43);. The van der Waals surface area contributed by atoms with Crippen molar-refractivity contribution >= 4 is 23.6 Å². The zero-order chi connectivity index (χ0) is 61.0. The van der Waals surface area contributed by atoms with Gasteiger partial charge in [-0.3, -0.25) is 30.6 Å². The summed E-state index contributed by atoms with van der Waals surface area (Å²) in [6.07, 6.45) is 6.18. The van der Waals surface area contributed by atoms with Gasteiger partial charge in [0, 0.05) is 55.6 Å². The molecule has 0 fully saturated rings. The van der Waals surface area contributed by atoms with E-state index >= 15 is 0 Å². The molecule has 0 bridgehead atoms. The van der Waals surface area contributed by atoms with E-state index in [1.165, 1.54) is 0 Å². The number of hydrogen-bond donors (Lipinski definition) is 2. The third-order valence-electron chi connectivity index (χ3n) is 13.9. The molecular formula is C76H64N8O4Ru. The molecule has 12 nitrogen and oxygen atoms in total. The fraction of sp³-hybridized carbons (Fsp3) is 0.105. The van der Waals surface area contributed by atoms with Crippen LogP contribution in [0.5, 0.6) is 0 Å². The molecule has 12 rings (SSSR count). The van der Waals surface area contributed by atoms with Crippen LogP contribution in [-0.4, -0.2) is 53.3 Å². The summed E-state index contributed by atoms with van der Waals surface area (Å²) in [4.78, 5) is 52.3. The summed E-state index contributed by atoms with van der Waals surface area (Å²) in [5.74, 6) is 0. The van der Waals surface area contributed by atoms with Crippen molar-refractivity contribution in [3.63, 3.8) is 0 Å². The molecular weight excluding hydrogens is 1190 g/mol. The van der Waals surface area contributed by atoms with Gasteiger partial charge in [-0.2, -0.15) is 0 Å². The predicted octanol–water partition coefficient (Wildman–Crippen LogP) is 19.1. The number of carbonyl (C=O) groups is 2. The van der Waals surface area contributed by atoms with Gasteiger partial charge in [0.05, 0.1) is 45.6 Å². The van der Waals surface area contributed by atoms with Crippen molar-refractivity contribution in [3.05, 3.63) is 267 Å². The van der Waals surface area contributed by atoms with Gasteiger partial charge < -0.3 is 9.47 Å². The van der Waals surface area contributed by atoms with Crippen LogP contribution < -0.4 is 10.6 Å². The summed E-state index contributed by atoms with van der Waals surface area (Å²) in [7, 11) is 0. The number of carbonyl (C=O) groups excluding carboxylic acids is 2. The van der Waals surface area contributed by atoms with Crippen LogP contribution in [0.15, 0.2) is 267 Å². The van der Waals surface area contributed by atoms with Gasteiger partial charge in [-0.25, -0.2) is 19.6 Å². The number of amides is 2. The number of nitrogens with zero attached hydrogens (tertiary/aromatic N) is 6. The fourth-order valence-electron chi connectivity index (χ4n) is 9.82. The van der Waals surface area contributed by atoms with Crippen LogP contribution in [0.1, 0.15) is 41.5 Å². The molecule has 6 aromatic carbocycles. The first-order chi connectivity index (χ1) is 42.6. The maximum absolute atomic E-state index is 12.2. The van der Waals surface area contributed by atoms with Gasteiger partial charge >= 0.3 is 12.2 Å². The van der Waals surface area contributed by atoms with Gasteiger partial charge in [-0.05, 0) is 230 Å². The third kappa shape index (κ3) is 16.5. The van der Waals surface area contributed by atoms with Gasteiger partial charge in [0.15, 0.2) is 0 Å². The zero-order valence-electron chi connectivity index (χ0n) is 50.1. The van der Waals surface area contributed by atoms with Crippen LogP contribution in [0.3, 0.4) is 0 Å². The molecule has 0 unspecified atom stereocenters. The van der Waals surface area contributed by atoms with E-state index in [1.807, 2.05) is 163 Å². The molecule has 6 heterocycles. The Morgan fingerprint density at radius 1 is 0.281 bits per heavy atom. The smallest absolute Gasteiger partial charge is 0.412 e. The molecule has 0 aliphatic rings. The Labute approximate surface area is 532 Å². The summed E-state index contributed by atoms with van der Waals surface area (Å²) < 4.78 is 10.7. The Balaban J connectivity index is 0.000000194. The van der Waals surface area contributed by atoms with Crippen molar-refractivity contribution in [2.24, 2.45) is 0 Å². The minimum absolute atomic E-state index is 0. The summed E-state index contributed by atoms with van der Waals surface area (Å²) in [5, 5.41) is 5.58. The molecule has 0 radical (unpaired) electrons. The molecule has 2 N–H and O–H groups in total. The summed E-state index contributed by atoms with van der Waals surface area (Å²) in [6, 6.07) is 81.1. The summed E-state index contributed by atoms with van der Waals surface area (Å²) in [5.41, 5.74) is 19.5. The molecule has 0 aliphatic carbocycles. The number of rotatable bonds is 12. The first kappa shape index (κ1) is 61.5. The van der Waals surface area contributed by atoms with E-state index < -0.39 is 23.4 Å². The predicted molar refractivity (Wildman–Crippen MR) is 354 cm³/mol. The molecule has 89 heavy (non-hydrogen) atoms. The second-order valence-corrected chi connectivity index (χ2v) is 22.8. The Kier molecular flexibility index (Phi) is 19.2. The average molecular weight is 1250 g/mol. The number of nitrogens with one attached hydrogen (secondary N) is 2. The van der Waals surface area contributed by atoms with Crippen LogP contribution in [0.25, 0.3) is 112 Å². The molecule has 6 aromatic heterocycles. The molecule has 0 atom stereocenters. The number of benzene rings is 6. The van der Waals surface area contributed by atoms with Gasteiger partial charge in [0.1, 0.15) is 11.2 Å². The first-order valence-electron chi connectivity index (χ1n) is 28.9. The fourth-order valence-corrected chi connectivity index (χ4v) is 9.82. The van der Waals surface area contributed by atoms with Crippen LogP contribution >= 0.6 is 0 Å². The number of anilines is 2. The van der Waals surface area contributed by atoms with Crippen molar-refractivity contribution in [3.8, 4) is 112 Å². The first-order valence-corrected chi connectivity index (χ1v) is 28.9. The van der Waals surface area contributed by atoms with Crippen molar-refractivity contribution in [2.45, 2.75) is 52.7 Å². The second-order valence-electron chi connectivity index (χ2n) is 22.8. The quantitative estimate of drug-likeness (QED) is 0.113. The van der Waals surface area contributed by atoms with E-state index in [2.05, 4.69) is 152 Å². The Hall–Kier alpha value is -10.6. The summed E-state index contributed by atoms with van der Waals surface area (Å²) in [6.45, 7) is 11.0. The number of ether oxygens (including phenoxy) is 2. The topological polar surface area (TPSA) is 154 Å². The molecule has 0 saturated heterocycles. The van der Waals surface area contributed by atoms with Crippen molar-refractivity contribution in [1.29, 1.82) is 0 Å². The number of pyridine rings is 6. The van der Waals surface area contributed by atoms with Gasteiger partial charge in [0.25, 0.3) is 0 Å². The van der Waals surface area contributed by atoms with Crippen LogP contribution in [0.2, 0.25) is 0 Å². The molecule has 0 aliphatic heterocycles.